The van der Waals surface area contributed by atoms with Crippen LogP contribution in [0.1, 0.15) is 31.2 Å². The summed E-state index contributed by atoms with van der Waals surface area (Å²) in [5.74, 6) is 0.816. The summed E-state index contributed by atoms with van der Waals surface area (Å²) in [7, 11) is 0. The van der Waals surface area contributed by atoms with E-state index in [0.717, 1.165) is 49.8 Å². The topological polar surface area (TPSA) is 63.0 Å². The van der Waals surface area contributed by atoms with Gasteiger partial charge in [0.25, 0.3) is 0 Å². The Morgan fingerprint density at radius 3 is 3.09 bits per heavy atom. The van der Waals surface area contributed by atoms with Gasteiger partial charge in [0.05, 0.1) is 18.3 Å². The fraction of sp³-hybridized carbons (Fsp3) is 0.529. The van der Waals surface area contributed by atoms with Gasteiger partial charge in [0.15, 0.2) is 5.96 Å². The monoisotopic (exact) mass is 315 g/mol. The molecule has 0 saturated carbocycles. The standard InChI is InChI=1S/C17H25N5O/c1-3-18-17(20-11-15-7-5-9-23-15)19-10-14-12-22-13(2)6-4-8-16(22)21-14/h4,6,8,12,15H,3,5,7,9-11H2,1-2H3,(H2,18,19,20). The van der Waals surface area contributed by atoms with E-state index in [-0.39, 0.29) is 0 Å². The number of aromatic nitrogens is 2. The fourth-order valence-electron chi connectivity index (χ4n) is 2.79. The van der Waals surface area contributed by atoms with Crippen LogP contribution in [0.4, 0.5) is 0 Å². The average Bonchev–Trinajstić information content (AvgIpc) is 3.20. The lowest BCUT2D eigenvalue weighted by molar-refractivity contribution is 0.114. The predicted octanol–water partition coefficient (Wildman–Crippen LogP) is 1.88. The summed E-state index contributed by atoms with van der Waals surface area (Å²) in [6.07, 6.45) is 4.63. The molecule has 1 aliphatic rings. The second kappa shape index (κ2) is 7.46. The van der Waals surface area contributed by atoms with Gasteiger partial charge >= 0.3 is 0 Å². The second-order valence-corrected chi connectivity index (χ2v) is 5.84. The lowest BCUT2D eigenvalue weighted by atomic mass is 10.2. The molecule has 124 valence electrons. The quantitative estimate of drug-likeness (QED) is 0.653. The van der Waals surface area contributed by atoms with Crippen molar-refractivity contribution in [2.75, 3.05) is 19.7 Å². The van der Waals surface area contributed by atoms with Gasteiger partial charge in [0.1, 0.15) is 5.65 Å². The molecule has 0 bridgehead atoms. The van der Waals surface area contributed by atoms with Gasteiger partial charge in [-0.2, -0.15) is 0 Å². The SMILES string of the molecule is CCNC(=NCc1cn2c(C)cccc2n1)NCC1CCCO1. The van der Waals surface area contributed by atoms with Gasteiger partial charge in [-0.1, -0.05) is 6.07 Å². The highest BCUT2D eigenvalue weighted by molar-refractivity contribution is 5.79. The first-order valence-electron chi connectivity index (χ1n) is 8.33. The highest BCUT2D eigenvalue weighted by Crippen LogP contribution is 2.11. The Morgan fingerprint density at radius 1 is 1.43 bits per heavy atom. The summed E-state index contributed by atoms with van der Waals surface area (Å²) >= 11 is 0. The molecule has 1 saturated heterocycles. The molecule has 1 unspecified atom stereocenters. The zero-order valence-corrected chi connectivity index (χ0v) is 13.9. The van der Waals surface area contributed by atoms with E-state index < -0.39 is 0 Å². The van der Waals surface area contributed by atoms with E-state index in [0.29, 0.717) is 12.6 Å². The van der Waals surface area contributed by atoms with Gasteiger partial charge in [-0.15, -0.1) is 0 Å². The van der Waals surface area contributed by atoms with Crippen LogP contribution >= 0.6 is 0 Å². The van der Waals surface area contributed by atoms with Crippen molar-refractivity contribution in [3.8, 4) is 0 Å². The van der Waals surface area contributed by atoms with Crippen LogP contribution in [-0.2, 0) is 11.3 Å². The van der Waals surface area contributed by atoms with E-state index in [9.17, 15) is 0 Å². The molecule has 1 aliphatic heterocycles. The highest BCUT2D eigenvalue weighted by atomic mass is 16.5. The van der Waals surface area contributed by atoms with Crippen LogP contribution in [0.2, 0.25) is 0 Å². The van der Waals surface area contributed by atoms with Crippen LogP contribution in [0.15, 0.2) is 29.4 Å². The Morgan fingerprint density at radius 2 is 2.35 bits per heavy atom. The lowest BCUT2D eigenvalue weighted by Crippen LogP contribution is -2.41. The number of pyridine rings is 1. The normalized spacial score (nSPS) is 18.5. The van der Waals surface area contributed by atoms with Crippen LogP contribution in [0.25, 0.3) is 5.65 Å². The van der Waals surface area contributed by atoms with E-state index in [1.165, 1.54) is 5.69 Å². The van der Waals surface area contributed by atoms with Gasteiger partial charge < -0.3 is 19.8 Å². The maximum Gasteiger partial charge on any atom is 0.191 e. The minimum absolute atomic E-state index is 0.302. The van der Waals surface area contributed by atoms with Gasteiger partial charge in [-0.25, -0.2) is 9.98 Å². The summed E-state index contributed by atoms with van der Waals surface area (Å²) in [6, 6.07) is 6.12. The van der Waals surface area contributed by atoms with Crippen molar-refractivity contribution >= 4 is 11.6 Å². The Kier molecular flexibility index (Phi) is 5.12. The Hall–Kier alpha value is -2.08. The van der Waals surface area contributed by atoms with Gasteiger partial charge in [-0.05, 0) is 38.8 Å². The molecule has 1 atom stereocenters. The molecule has 0 aliphatic carbocycles. The summed E-state index contributed by atoms with van der Waals surface area (Å²) < 4.78 is 7.73. The number of fused-ring (bicyclic) bond motifs is 1. The summed E-state index contributed by atoms with van der Waals surface area (Å²) in [5.41, 5.74) is 3.11. The van der Waals surface area contributed by atoms with Crippen LogP contribution < -0.4 is 10.6 Å². The number of guanidine groups is 1. The first-order valence-corrected chi connectivity index (χ1v) is 8.33. The Balaban J connectivity index is 1.64. The van der Waals surface area contributed by atoms with Gasteiger partial charge in [0.2, 0.25) is 0 Å². The molecule has 0 spiro atoms. The number of rotatable bonds is 5. The number of hydrogen-bond donors (Lipinski definition) is 2. The number of nitrogens with one attached hydrogen (secondary N) is 2. The molecule has 2 aromatic rings. The number of aryl methyl sites for hydroxylation is 1. The molecule has 1 fully saturated rings. The van der Waals surface area contributed by atoms with Crippen molar-refractivity contribution in [2.24, 2.45) is 4.99 Å². The summed E-state index contributed by atoms with van der Waals surface area (Å²) in [5, 5.41) is 6.63. The molecule has 2 aromatic heterocycles. The smallest absolute Gasteiger partial charge is 0.191 e. The van der Waals surface area contributed by atoms with Crippen molar-refractivity contribution in [1.29, 1.82) is 0 Å². The van der Waals surface area contributed by atoms with Crippen molar-refractivity contribution in [3.63, 3.8) is 0 Å². The number of aliphatic imine (C=N–C) groups is 1. The third-order valence-corrected chi connectivity index (χ3v) is 4.01. The van der Waals surface area contributed by atoms with Crippen molar-refractivity contribution < 1.29 is 4.74 Å². The van der Waals surface area contributed by atoms with Gasteiger partial charge in [0, 0.05) is 31.6 Å². The van der Waals surface area contributed by atoms with Crippen LogP contribution in [0, 0.1) is 6.92 Å². The molecule has 0 radical (unpaired) electrons. The van der Waals surface area contributed by atoms with Crippen molar-refractivity contribution in [3.05, 3.63) is 35.8 Å². The largest absolute Gasteiger partial charge is 0.376 e. The highest BCUT2D eigenvalue weighted by Gasteiger charge is 2.15. The number of nitrogens with zero attached hydrogens (tertiary/aromatic N) is 3. The number of ether oxygens (including phenoxy) is 1. The van der Waals surface area contributed by atoms with E-state index in [1.807, 2.05) is 12.1 Å². The molecule has 0 amide bonds. The molecule has 3 rings (SSSR count). The first kappa shape index (κ1) is 15.8. The number of imidazole rings is 1. The molecule has 2 N–H and O–H groups in total. The molecule has 0 aromatic carbocycles. The van der Waals surface area contributed by atoms with E-state index in [1.54, 1.807) is 0 Å². The molecule has 3 heterocycles. The predicted molar refractivity (Wildman–Crippen MR) is 91.7 cm³/mol. The van der Waals surface area contributed by atoms with E-state index >= 15 is 0 Å². The average molecular weight is 315 g/mol. The fourth-order valence-corrected chi connectivity index (χ4v) is 2.79. The zero-order valence-electron chi connectivity index (χ0n) is 13.9. The summed E-state index contributed by atoms with van der Waals surface area (Å²) in [6.45, 7) is 7.22. The number of hydrogen-bond acceptors (Lipinski definition) is 3. The van der Waals surface area contributed by atoms with Crippen LogP contribution in [-0.4, -0.2) is 41.1 Å². The molecule has 6 nitrogen and oxygen atoms in total. The zero-order chi connectivity index (χ0) is 16.1. The second-order valence-electron chi connectivity index (χ2n) is 5.84. The Bertz CT molecular complexity index is 673. The molecular formula is C17H25N5O. The molecule has 6 heteroatoms. The third-order valence-electron chi connectivity index (χ3n) is 4.01. The maximum absolute atomic E-state index is 5.64. The Labute approximate surface area is 137 Å². The third kappa shape index (κ3) is 4.01. The van der Waals surface area contributed by atoms with Crippen LogP contribution in [0.5, 0.6) is 0 Å². The van der Waals surface area contributed by atoms with Crippen LogP contribution in [0.3, 0.4) is 0 Å². The van der Waals surface area contributed by atoms with E-state index in [4.69, 9.17) is 4.74 Å². The molecule has 23 heavy (non-hydrogen) atoms. The molecular weight excluding hydrogens is 290 g/mol. The lowest BCUT2D eigenvalue weighted by Gasteiger charge is -2.14. The van der Waals surface area contributed by atoms with Gasteiger partial charge in [-0.3, -0.25) is 0 Å². The van der Waals surface area contributed by atoms with Crippen molar-refractivity contribution in [2.45, 2.75) is 39.3 Å². The summed E-state index contributed by atoms with van der Waals surface area (Å²) in [4.78, 5) is 9.25. The minimum atomic E-state index is 0.302. The van der Waals surface area contributed by atoms with E-state index in [2.05, 4.69) is 51.1 Å². The minimum Gasteiger partial charge on any atom is -0.376 e. The van der Waals surface area contributed by atoms with Crippen molar-refractivity contribution in [1.82, 2.24) is 20.0 Å². The maximum atomic E-state index is 5.64. The first-order chi connectivity index (χ1) is 11.3.